The summed E-state index contributed by atoms with van der Waals surface area (Å²) < 4.78 is 7.51. The first kappa shape index (κ1) is 21.3. The van der Waals surface area contributed by atoms with Crippen LogP contribution in [0, 0.1) is 0 Å². The van der Waals surface area contributed by atoms with E-state index in [2.05, 4.69) is 21.9 Å². The lowest BCUT2D eigenvalue weighted by Gasteiger charge is -2.36. The lowest BCUT2D eigenvalue weighted by atomic mass is 10.2. The summed E-state index contributed by atoms with van der Waals surface area (Å²) in [4.78, 5) is 42.2. The number of rotatable bonds is 7. The van der Waals surface area contributed by atoms with Gasteiger partial charge in [0, 0.05) is 62.3 Å². The predicted octanol–water partition coefficient (Wildman–Crippen LogP) is 1.61. The molecule has 4 rings (SSSR count). The monoisotopic (exact) mass is 442 g/mol. The number of esters is 1. The summed E-state index contributed by atoms with van der Waals surface area (Å²) in [6.45, 7) is 4.71. The zero-order chi connectivity index (χ0) is 21.8. The molecular weight excluding hydrogens is 416 g/mol. The number of benzene rings is 1. The molecule has 1 saturated heterocycles. The topological polar surface area (TPSA) is 76.8 Å². The van der Waals surface area contributed by atoms with Crippen molar-refractivity contribution in [3.63, 3.8) is 0 Å². The number of anilines is 1. The van der Waals surface area contributed by atoms with E-state index in [0.29, 0.717) is 24.0 Å². The zero-order valence-corrected chi connectivity index (χ0v) is 18.3. The van der Waals surface area contributed by atoms with Crippen molar-refractivity contribution in [2.75, 3.05) is 44.7 Å². The van der Waals surface area contributed by atoms with E-state index < -0.39 is 0 Å². The molecule has 0 saturated carbocycles. The van der Waals surface area contributed by atoms with Crippen molar-refractivity contribution in [3.05, 3.63) is 61.9 Å². The number of piperazine rings is 1. The van der Waals surface area contributed by atoms with Gasteiger partial charge in [0.25, 0.3) is 5.56 Å². The molecule has 31 heavy (non-hydrogen) atoms. The number of aromatic nitrogens is 2. The van der Waals surface area contributed by atoms with Crippen LogP contribution in [0.3, 0.4) is 0 Å². The predicted molar refractivity (Wildman–Crippen MR) is 122 cm³/mol. The van der Waals surface area contributed by atoms with Crippen molar-refractivity contribution < 1.29 is 9.53 Å². The van der Waals surface area contributed by atoms with E-state index in [9.17, 15) is 14.4 Å². The molecular formula is C22H26N4O4S. The molecule has 8 nitrogen and oxygen atoms in total. The second-order valence-corrected chi connectivity index (χ2v) is 8.30. The summed E-state index contributed by atoms with van der Waals surface area (Å²) in [5, 5.41) is 4.06. The number of hydrogen-bond donors (Lipinski definition) is 0. The van der Waals surface area contributed by atoms with Crippen LogP contribution in [0.15, 0.2) is 50.7 Å². The summed E-state index contributed by atoms with van der Waals surface area (Å²) in [7, 11) is 1.32. The van der Waals surface area contributed by atoms with Crippen molar-refractivity contribution in [1.82, 2.24) is 14.0 Å². The zero-order valence-electron chi connectivity index (χ0n) is 17.5. The number of hydrogen-bond acceptors (Lipinski definition) is 7. The van der Waals surface area contributed by atoms with Gasteiger partial charge in [-0.05, 0) is 12.1 Å². The molecule has 0 spiro atoms. The number of aryl methyl sites for hydroxylation is 1. The fraction of sp³-hybridized carbons (Fsp3) is 0.409. The normalized spacial score (nSPS) is 14.8. The Kier molecular flexibility index (Phi) is 6.53. The molecule has 3 heterocycles. The average molecular weight is 443 g/mol. The fourth-order valence-corrected chi connectivity index (χ4v) is 4.78. The molecule has 1 aliphatic rings. The summed E-state index contributed by atoms with van der Waals surface area (Å²) in [6.07, 6.45) is 0.0843. The van der Waals surface area contributed by atoms with E-state index in [4.69, 9.17) is 4.74 Å². The van der Waals surface area contributed by atoms with Gasteiger partial charge in [0.1, 0.15) is 0 Å². The smallest absolute Gasteiger partial charge is 0.331 e. The van der Waals surface area contributed by atoms with Crippen LogP contribution in [0.25, 0.3) is 10.9 Å². The van der Waals surface area contributed by atoms with E-state index in [-0.39, 0.29) is 30.2 Å². The van der Waals surface area contributed by atoms with Crippen LogP contribution in [0.2, 0.25) is 0 Å². The van der Waals surface area contributed by atoms with Crippen molar-refractivity contribution in [2.45, 2.75) is 19.5 Å². The Balaban J connectivity index is 1.47. The Morgan fingerprint density at radius 3 is 2.42 bits per heavy atom. The average Bonchev–Trinajstić information content (AvgIpc) is 3.29. The highest BCUT2D eigenvalue weighted by atomic mass is 32.1. The third-order valence-corrected chi connectivity index (χ3v) is 6.50. The van der Waals surface area contributed by atoms with Crippen LogP contribution in [0.1, 0.15) is 6.42 Å². The van der Waals surface area contributed by atoms with Crippen LogP contribution in [-0.4, -0.2) is 59.8 Å². The van der Waals surface area contributed by atoms with Crippen molar-refractivity contribution in [2.24, 2.45) is 0 Å². The van der Waals surface area contributed by atoms with Gasteiger partial charge in [-0.25, -0.2) is 4.79 Å². The van der Waals surface area contributed by atoms with E-state index in [0.717, 1.165) is 26.2 Å². The minimum atomic E-state index is -0.385. The minimum absolute atomic E-state index is 0.0843. The molecule has 0 atom stereocenters. The third kappa shape index (κ3) is 4.57. The lowest BCUT2D eigenvalue weighted by molar-refractivity contribution is -0.140. The number of carbonyl (C=O) groups excluding carboxylic acids is 1. The van der Waals surface area contributed by atoms with Crippen molar-refractivity contribution in [3.8, 4) is 0 Å². The Morgan fingerprint density at radius 1 is 0.968 bits per heavy atom. The maximum Gasteiger partial charge on any atom is 0.331 e. The van der Waals surface area contributed by atoms with Crippen LogP contribution < -0.4 is 16.1 Å². The SMILES string of the molecule is COC(=O)CCn1c(=O)n(CCN2CCN(c3ccccc3)CC2)c(=O)c2cscc21. The van der Waals surface area contributed by atoms with Gasteiger partial charge in [0.2, 0.25) is 0 Å². The van der Waals surface area contributed by atoms with Gasteiger partial charge in [-0.15, -0.1) is 11.3 Å². The maximum atomic E-state index is 13.1. The second-order valence-electron chi connectivity index (χ2n) is 7.55. The first-order chi connectivity index (χ1) is 15.1. The van der Waals surface area contributed by atoms with E-state index >= 15 is 0 Å². The molecule has 9 heteroatoms. The highest BCUT2D eigenvalue weighted by Gasteiger charge is 2.19. The van der Waals surface area contributed by atoms with Gasteiger partial charge in [0.15, 0.2) is 0 Å². The third-order valence-electron chi connectivity index (χ3n) is 5.77. The number of nitrogens with zero attached hydrogens (tertiary/aromatic N) is 4. The van der Waals surface area contributed by atoms with Gasteiger partial charge >= 0.3 is 11.7 Å². The van der Waals surface area contributed by atoms with Crippen molar-refractivity contribution >= 4 is 33.9 Å². The van der Waals surface area contributed by atoms with Crippen LogP contribution in [-0.2, 0) is 22.6 Å². The molecule has 1 aliphatic heterocycles. The molecule has 164 valence electrons. The molecule has 0 unspecified atom stereocenters. The van der Waals surface area contributed by atoms with E-state index in [1.807, 2.05) is 18.2 Å². The fourth-order valence-electron chi connectivity index (χ4n) is 3.97. The molecule has 3 aromatic rings. The first-order valence-electron chi connectivity index (χ1n) is 10.4. The van der Waals surface area contributed by atoms with Crippen LogP contribution in [0.4, 0.5) is 5.69 Å². The molecule has 2 aromatic heterocycles. The van der Waals surface area contributed by atoms with Gasteiger partial charge in [0.05, 0.1) is 24.4 Å². The number of thiophene rings is 1. The number of methoxy groups -OCH3 is 1. The molecule has 0 amide bonds. The van der Waals surface area contributed by atoms with Gasteiger partial charge in [-0.2, -0.15) is 0 Å². The van der Waals surface area contributed by atoms with E-state index in [1.54, 1.807) is 10.8 Å². The molecule has 1 aromatic carbocycles. The summed E-state index contributed by atoms with van der Waals surface area (Å²) >= 11 is 1.38. The van der Waals surface area contributed by atoms with E-state index in [1.165, 1.54) is 33.3 Å². The Bertz CT molecular complexity index is 1160. The van der Waals surface area contributed by atoms with Crippen molar-refractivity contribution in [1.29, 1.82) is 0 Å². The summed E-state index contributed by atoms with van der Waals surface area (Å²) in [5.74, 6) is -0.385. The van der Waals surface area contributed by atoms with Crippen LogP contribution >= 0.6 is 11.3 Å². The van der Waals surface area contributed by atoms with Gasteiger partial charge in [-0.1, -0.05) is 18.2 Å². The molecule has 1 fully saturated rings. The van der Waals surface area contributed by atoms with Gasteiger partial charge in [-0.3, -0.25) is 23.6 Å². The number of para-hydroxylation sites is 1. The Hall–Kier alpha value is -2.91. The molecule has 0 N–H and O–H groups in total. The molecule has 0 bridgehead atoms. The highest BCUT2D eigenvalue weighted by molar-refractivity contribution is 7.09. The largest absolute Gasteiger partial charge is 0.469 e. The Labute approximate surface area is 183 Å². The number of ether oxygens (including phenoxy) is 1. The summed E-state index contributed by atoms with van der Waals surface area (Å²) in [5.41, 5.74) is 1.16. The second kappa shape index (κ2) is 9.49. The molecule has 0 aliphatic carbocycles. The standard InChI is InChI=1S/C22H26N4O4S/c1-30-20(27)7-8-25-19-16-31-15-18(19)21(28)26(22(25)29)14-11-23-9-12-24(13-10-23)17-5-3-2-4-6-17/h2-6,15-16H,7-14H2,1H3. The lowest BCUT2D eigenvalue weighted by Crippen LogP contribution is -2.49. The first-order valence-corrected chi connectivity index (χ1v) is 11.3. The quantitative estimate of drug-likeness (QED) is 0.518. The van der Waals surface area contributed by atoms with Gasteiger partial charge < -0.3 is 9.64 Å². The summed E-state index contributed by atoms with van der Waals surface area (Å²) in [6, 6.07) is 10.3. The number of carbonyl (C=O) groups is 1. The number of fused-ring (bicyclic) bond motifs is 1. The minimum Gasteiger partial charge on any atom is -0.469 e. The highest BCUT2D eigenvalue weighted by Crippen LogP contribution is 2.16. The Morgan fingerprint density at radius 2 is 1.71 bits per heavy atom. The maximum absolute atomic E-state index is 13.1. The van der Waals surface area contributed by atoms with Crippen LogP contribution in [0.5, 0.6) is 0 Å². The molecule has 0 radical (unpaired) electrons.